The van der Waals surface area contributed by atoms with E-state index in [-0.39, 0.29) is 5.41 Å². The maximum absolute atomic E-state index is 11.3. The molecule has 1 aromatic carbocycles. The summed E-state index contributed by atoms with van der Waals surface area (Å²) in [6.45, 7) is 6.74. The van der Waals surface area contributed by atoms with Gasteiger partial charge in [-0.1, -0.05) is 51.8 Å². The quantitative estimate of drug-likeness (QED) is 0.896. The van der Waals surface area contributed by atoms with Crippen LogP contribution >= 0.6 is 0 Å². The second-order valence-electron chi connectivity index (χ2n) is 7.26. The second-order valence-corrected chi connectivity index (χ2v) is 7.26. The standard InChI is InChI=1S/C18H28O2/c1-17(2,3)16-11-7-8-12-18(16,19)13-14-9-5-6-10-15(14)20-4/h5-6,9-10,16,19H,7-8,11-13H2,1-4H3. The van der Waals surface area contributed by atoms with E-state index in [0.29, 0.717) is 12.3 Å². The van der Waals surface area contributed by atoms with Crippen LogP contribution in [0, 0.1) is 11.3 Å². The predicted molar refractivity (Wildman–Crippen MR) is 83.1 cm³/mol. The molecule has 2 unspecified atom stereocenters. The minimum atomic E-state index is -0.606. The third-order valence-corrected chi connectivity index (χ3v) is 4.74. The Balaban J connectivity index is 2.28. The Bertz CT molecular complexity index is 447. The zero-order valence-corrected chi connectivity index (χ0v) is 13.3. The second kappa shape index (κ2) is 5.77. The van der Waals surface area contributed by atoms with Crippen LogP contribution in [0.4, 0.5) is 0 Å². The fraction of sp³-hybridized carbons (Fsp3) is 0.667. The third kappa shape index (κ3) is 3.17. The predicted octanol–water partition coefficient (Wildman–Crippen LogP) is 4.21. The largest absolute Gasteiger partial charge is 0.496 e. The zero-order chi connectivity index (χ0) is 14.8. The summed E-state index contributed by atoms with van der Waals surface area (Å²) >= 11 is 0. The van der Waals surface area contributed by atoms with E-state index in [1.807, 2.05) is 18.2 Å². The molecule has 0 amide bonds. The van der Waals surface area contributed by atoms with Crippen molar-refractivity contribution in [3.63, 3.8) is 0 Å². The third-order valence-electron chi connectivity index (χ3n) is 4.74. The normalized spacial score (nSPS) is 27.4. The van der Waals surface area contributed by atoms with E-state index in [4.69, 9.17) is 4.74 Å². The van der Waals surface area contributed by atoms with Crippen LogP contribution in [-0.4, -0.2) is 17.8 Å². The Hall–Kier alpha value is -1.02. The number of methoxy groups -OCH3 is 1. The summed E-state index contributed by atoms with van der Waals surface area (Å²) in [5.41, 5.74) is 0.649. The lowest BCUT2D eigenvalue weighted by molar-refractivity contribution is -0.0891. The van der Waals surface area contributed by atoms with Crippen LogP contribution in [0.3, 0.4) is 0 Å². The van der Waals surface area contributed by atoms with Crippen molar-refractivity contribution in [2.75, 3.05) is 7.11 Å². The smallest absolute Gasteiger partial charge is 0.122 e. The number of benzene rings is 1. The SMILES string of the molecule is COc1ccccc1CC1(O)CCCCC1C(C)(C)C. The summed E-state index contributed by atoms with van der Waals surface area (Å²) in [7, 11) is 1.70. The molecule has 0 aromatic heterocycles. The Morgan fingerprint density at radius 1 is 1.25 bits per heavy atom. The van der Waals surface area contributed by atoms with E-state index in [1.54, 1.807) is 7.11 Å². The highest BCUT2D eigenvalue weighted by atomic mass is 16.5. The van der Waals surface area contributed by atoms with Crippen LogP contribution in [0.2, 0.25) is 0 Å². The van der Waals surface area contributed by atoms with Gasteiger partial charge in [-0.25, -0.2) is 0 Å². The highest BCUT2D eigenvalue weighted by molar-refractivity contribution is 5.34. The van der Waals surface area contributed by atoms with Crippen molar-refractivity contribution in [2.45, 2.75) is 58.5 Å². The van der Waals surface area contributed by atoms with Gasteiger partial charge in [0.15, 0.2) is 0 Å². The van der Waals surface area contributed by atoms with Crippen LogP contribution < -0.4 is 4.74 Å². The van der Waals surface area contributed by atoms with Crippen molar-refractivity contribution in [1.82, 2.24) is 0 Å². The molecule has 2 nitrogen and oxygen atoms in total. The lowest BCUT2D eigenvalue weighted by atomic mass is 9.62. The number of hydrogen-bond acceptors (Lipinski definition) is 2. The molecule has 2 heteroatoms. The fourth-order valence-corrected chi connectivity index (χ4v) is 3.85. The van der Waals surface area contributed by atoms with Gasteiger partial charge in [0.25, 0.3) is 0 Å². The van der Waals surface area contributed by atoms with Crippen molar-refractivity contribution in [1.29, 1.82) is 0 Å². The molecule has 1 fully saturated rings. The number of rotatable bonds is 3. The van der Waals surface area contributed by atoms with Gasteiger partial charge in [0.2, 0.25) is 0 Å². The van der Waals surface area contributed by atoms with Crippen LogP contribution in [0.5, 0.6) is 5.75 Å². The fourth-order valence-electron chi connectivity index (χ4n) is 3.85. The summed E-state index contributed by atoms with van der Waals surface area (Å²) in [6, 6.07) is 8.06. The molecule has 0 heterocycles. The maximum Gasteiger partial charge on any atom is 0.122 e. The van der Waals surface area contributed by atoms with E-state index in [2.05, 4.69) is 26.8 Å². The van der Waals surface area contributed by atoms with Crippen molar-refractivity contribution >= 4 is 0 Å². The number of ether oxygens (including phenoxy) is 1. The zero-order valence-electron chi connectivity index (χ0n) is 13.3. The first-order valence-electron chi connectivity index (χ1n) is 7.71. The van der Waals surface area contributed by atoms with Crippen molar-refractivity contribution < 1.29 is 9.84 Å². The minimum absolute atomic E-state index is 0.136. The molecule has 0 spiro atoms. The molecular formula is C18H28O2. The molecule has 1 N–H and O–H groups in total. The monoisotopic (exact) mass is 276 g/mol. The molecule has 1 aromatic rings. The number of para-hydroxylation sites is 1. The summed E-state index contributed by atoms with van der Waals surface area (Å²) < 4.78 is 5.44. The van der Waals surface area contributed by atoms with Gasteiger partial charge in [0.1, 0.15) is 5.75 Å². The van der Waals surface area contributed by atoms with Crippen molar-refractivity contribution in [3.05, 3.63) is 29.8 Å². The van der Waals surface area contributed by atoms with Gasteiger partial charge in [-0.05, 0) is 35.8 Å². The first kappa shape index (κ1) is 15.4. The summed E-state index contributed by atoms with van der Waals surface area (Å²) in [6.07, 6.45) is 5.06. The van der Waals surface area contributed by atoms with Gasteiger partial charge in [-0.15, -0.1) is 0 Å². The van der Waals surface area contributed by atoms with Crippen LogP contribution in [-0.2, 0) is 6.42 Å². The highest BCUT2D eigenvalue weighted by Gasteiger charge is 2.44. The van der Waals surface area contributed by atoms with Crippen molar-refractivity contribution in [2.24, 2.45) is 11.3 Å². The summed E-state index contributed by atoms with van der Waals surface area (Å²) in [5, 5.41) is 11.3. The Kier molecular flexibility index (Phi) is 4.43. The van der Waals surface area contributed by atoms with Gasteiger partial charge < -0.3 is 9.84 Å². The van der Waals surface area contributed by atoms with E-state index in [0.717, 1.165) is 30.6 Å². The molecular weight excluding hydrogens is 248 g/mol. The maximum atomic E-state index is 11.3. The van der Waals surface area contributed by atoms with E-state index >= 15 is 0 Å². The molecule has 0 radical (unpaired) electrons. The molecule has 2 atom stereocenters. The van der Waals surface area contributed by atoms with Crippen LogP contribution in [0.1, 0.15) is 52.0 Å². The number of aliphatic hydroxyl groups is 1. The number of hydrogen-bond donors (Lipinski definition) is 1. The first-order valence-corrected chi connectivity index (χ1v) is 7.71. The molecule has 1 aliphatic carbocycles. The van der Waals surface area contributed by atoms with Crippen molar-refractivity contribution in [3.8, 4) is 5.75 Å². The molecule has 0 saturated heterocycles. The van der Waals surface area contributed by atoms with Gasteiger partial charge in [-0.2, -0.15) is 0 Å². The first-order chi connectivity index (χ1) is 9.37. The molecule has 2 rings (SSSR count). The summed E-state index contributed by atoms with van der Waals surface area (Å²) in [5.74, 6) is 1.23. The molecule has 0 bridgehead atoms. The van der Waals surface area contributed by atoms with Gasteiger partial charge in [-0.3, -0.25) is 0 Å². The Morgan fingerprint density at radius 3 is 2.60 bits per heavy atom. The summed E-state index contributed by atoms with van der Waals surface area (Å²) in [4.78, 5) is 0. The van der Waals surface area contributed by atoms with E-state index in [1.165, 1.54) is 6.42 Å². The molecule has 0 aliphatic heterocycles. The average molecular weight is 276 g/mol. The topological polar surface area (TPSA) is 29.5 Å². The van der Waals surface area contributed by atoms with Crippen LogP contribution in [0.25, 0.3) is 0 Å². The Morgan fingerprint density at radius 2 is 1.95 bits per heavy atom. The van der Waals surface area contributed by atoms with Crippen LogP contribution in [0.15, 0.2) is 24.3 Å². The molecule has 1 aliphatic rings. The Labute approximate surface area is 123 Å². The average Bonchev–Trinajstić information content (AvgIpc) is 2.38. The molecule has 20 heavy (non-hydrogen) atoms. The van der Waals surface area contributed by atoms with Gasteiger partial charge in [0, 0.05) is 6.42 Å². The van der Waals surface area contributed by atoms with E-state index in [9.17, 15) is 5.11 Å². The van der Waals surface area contributed by atoms with E-state index < -0.39 is 5.60 Å². The lowest BCUT2D eigenvalue weighted by Crippen LogP contribution is -2.48. The molecule has 1 saturated carbocycles. The molecule has 112 valence electrons. The van der Waals surface area contributed by atoms with Gasteiger partial charge >= 0.3 is 0 Å². The van der Waals surface area contributed by atoms with Gasteiger partial charge in [0.05, 0.1) is 12.7 Å². The minimum Gasteiger partial charge on any atom is -0.496 e. The highest BCUT2D eigenvalue weighted by Crippen LogP contribution is 2.46. The lowest BCUT2D eigenvalue weighted by Gasteiger charge is -2.47.